The van der Waals surface area contributed by atoms with Crippen LogP contribution in [0.2, 0.25) is 0 Å². The van der Waals surface area contributed by atoms with E-state index in [1.165, 1.54) is 0 Å². The average molecular weight is 263 g/mol. The lowest BCUT2D eigenvalue weighted by atomic mass is 10.3. The Bertz CT molecular complexity index is 508. The maximum Gasteiger partial charge on any atom is 0.163 e. The molecular formula is C14H21N3O2. The number of hydrogen-bond acceptors (Lipinski definition) is 4. The Morgan fingerprint density at radius 1 is 1.21 bits per heavy atom. The summed E-state index contributed by atoms with van der Waals surface area (Å²) >= 11 is 0. The van der Waals surface area contributed by atoms with Gasteiger partial charge in [0.15, 0.2) is 11.5 Å². The smallest absolute Gasteiger partial charge is 0.163 e. The molecule has 19 heavy (non-hydrogen) atoms. The molecule has 0 amide bonds. The molecule has 0 fully saturated rings. The molecule has 1 aromatic carbocycles. The zero-order valence-corrected chi connectivity index (χ0v) is 11.9. The van der Waals surface area contributed by atoms with Crippen LogP contribution in [0, 0.1) is 0 Å². The molecule has 2 N–H and O–H groups in total. The van der Waals surface area contributed by atoms with E-state index in [9.17, 15) is 0 Å². The second-order valence-corrected chi connectivity index (χ2v) is 4.77. The van der Waals surface area contributed by atoms with E-state index >= 15 is 0 Å². The van der Waals surface area contributed by atoms with Crippen LogP contribution in [0.25, 0.3) is 11.0 Å². The van der Waals surface area contributed by atoms with Crippen LogP contribution in [-0.2, 0) is 6.42 Å². The van der Waals surface area contributed by atoms with Gasteiger partial charge in [-0.2, -0.15) is 0 Å². The molecule has 1 aromatic heterocycles. The summed E-state index contributed by atoms with van der Waals surface area (Å²) in [7, 11) is 3.26. The van der Waals surface area contributed by atoms with Crippen LogP contribution in [0.4, 0.5) is 0 Å². The van der Waals surface area contributed by atoms with Gasteiger partial charge in [0.2, 0.25) is 0 Å². The molecule has 5 heteroatoms. The molecule has 0 saturated heterocycles. The van der Waals surface area contributed by atoms with Gasteiger partial charge in [0, 0.05) is 31.1 Å². The van der Waals surface area contributed by atoms with Crippen LogP contribution in [0.1, 0.15) is 19.7 Å². The third-order valence-electron chi connectivity index (χ3n) is 2.95. The van der Waals surface area contributed by atoms with E-state index in [2.05, 4.69) is 29.1 Å². The Hall–Kier alpha value is -1.75. The highest BCUT2D eigenvalue weighted by atomic mass is 16.5. The van der Waals surface area contributed by atoms with Crippen LogP contribution in [0.5, 0.6) is 11.5 Å². The summed E-state index contributed by atoms with van der Waals surface area (Å²) in [6, 6.07) is 4.30. The van der Waals surface area contributed by atoms with Crippen molar-refractivity contribution in [2.45, 2.75) is 26.3 Å². The van der Waals surface area contributed by atoms with E-state index in [0.717, 1.165) is 29.8 Å². The number of hydrogen-bond donors (Lipinski definition) is 2. The number of aromatic amines is 1. The number of nitrogens with zero attached hydrogens (tertiary/aromatic N) is 1. The van der Waals surface area contributed by atoms with Crippen molar-refractivity contribution in [3.05, 3.63) is 18.0 Å². The van der Waals surface area contributed by atoms with Crippen molar-refractivity contribution >= 4 is 11.0 Å². The fraction of sp³-hybridized carbons (Fsp3) is 0.500. The van der Waals surface area contributed by atoms with Crippen molar-refractivity contribution in [2.24, 2.45) is 0 Å². The Labute approximate surface area is 113 Å². The van der Waals surface area contributed by atoms with Crippen molar-refractivity contribution in [1.29, 1.82) is 0 Å². The molecule has 0 saturated carbocycles. The minimum atomic E-state index is 0.490. The maximum absolute atomic E-state index is 5.28. The lowest BCUT2D eigenvalue weighted by Gasteiger charge is -2.06. The fourth-order valence-corrected chi connectivity index (χ4v) is 1.99. The summed E-state index contributed by atoms with van der Waals surface area (Å²) < 4.78 is 10.6. The van der Waals surface area contributed by atoms with Gasteiger partial charge in [-0.15, -0.1) is 0 Å². The first kappa shape index (κ1) is 13.7. The first-order valence-corrected chi connectivity index (χ1v) is 6.48. The van der Waals surface area contributed by atoms with Crippen LogP contribution >= 0.6 is 0 Å². The van der Waals surface area contributed by atoms with Gasteiger partial charge in [0.25, 0.3) is 0 Å². The third-order valence-corrected chi connectivity index (χ3v) is 2.95. The summed E-state index contributed by atoms with van der Waals surface area (Å²) in [6.45, 7) is 5.18. The number of ether oxygens (including phenoxy) is 2. The molecule has 0 aliphatic heterocycles. The molecule has 0 aliphatic rings. The molecule has 0 unspecified atom stereocenters. The van der Waals surface area contributed by atoms with Crippen molar-refractivity contribution in [2.75, 3.05) is 20.8 Å². The van der Waals surface area contributed by atoms with E-state index in [4.69, 9.17) is 9.47 Å². The number of nitrogens with one attached hydrogen (secondary N) is 2. The molecule has 5 nitrogen and oxygen atoms in total. The normalized spacial score (nSPS) is 11.2. The third kappa shape index (κ3) is 3.17. The van der Waals surface area contributed by atoms with Gasteiger partial charge < -0.3 is 19.8 Å². The molecule has 104 valence electrons. The summed E-state index contributed by atoms with van der Waals surface area (Å²) in [5.41, 5.74) is 1.87. The van der Waals surface area contributed by atoms with Gasteiger partial charge in [-0.25, -0.2) is 4.98 Å². The number of fused-ring (bicyclic) bond motifs is 1. The zero-order valence-electron chi connectivity index (χ0n) is 11.9. The number of aromatic nitrogens is 2. The van der Waals surface area contributed by atoms with E-state index in [-0.39, 0.29) is 0 Å². The summed E-state index contributed by atoms with van der Waals surface area (Å²) in [4.78, 5) is 7.87. The number of rotatable bonds is 6. The van der Waals surface area contributed by atoms with Gasteiger partial charge >= 0.3 is 0 Å². The molecule has 2 rings (SSSR count). The average Bonchev–Trinajstić information content (AvgIpc) is 2.77. The van der Waals surface area contributed by atoms with Gasteiger partial charge in [-0.1, -0.05) is 13.8 Å². The standard InChI is InChI=1S/C14H21N3O2/c1-9(2)15-6-5-14-16-10-7-12(18-3)13(19-4)8-11(10)17-14/h7-9,15H,5-6H2,1-4H3,(H,16,17). The minimum Gasteiger partial charge on any atom is -0.493 e. The van der Waals surface area contributed by atoms with Crippen LogP contribution in [0.3, 0.4) is 0 Å². The fourth-order valence-electron chi connectivity index (χ4n) is 1.99. The van der Waals surface area contributed by atoms with Gasteiger partial charge in [0.1, 0.15) is 5.82 Å². The second-order valence-electron chi connectivity index (χ2n) is 4.77. The minimum absolute atomic E-state index is 0.490. The summed E-state index contributed by atoms with van der Waals surface area (Å²) in [5, 5.41) is 3.37. The largest absolute Gasteiger partial charge is 0.493 e. The van der Waals surface area contributed by atoms with Gasteiger partial charge in [-0.3, -0.25) is 0 Å². The van der Waals surface area contributed by atoms with E-state index in [1.807, 2.05) is 12.1 Å². The lowest BCUT2D eigenvalue weighted by Crippen LogP contribution is -2.25. The van der Waals surface area contributed by atoms with E-state index in [1.54, 1.807) is 14.2 Å². The molecule has 0 atom stereocenters. The first-order chi connectivity index (χ1) is 9.13. The van der Waals surface area contributed by atoms with Gasteiger partial charge in [-0.05, 0) is 0 Å². The highest BCUT2D eigenvalue weighted by molar-refractivity contribution is 5.79. The summed E-state index contributed by atoms with van der Waals surface area (Å²) in [5.74, 6) is 2.39. The molecule has 0 aliphatic carbocycles. The van der Waals surface area contributed by atoms with Crippen LogP contribution in [-0.4, -0.2) is 36.8 Å². The topological polar surface area (TPSA) is 59.2 Å². The van der Waals surface area contributed by atoms with Crippen LogP contribution in [0.15, 0.2) is 12.1 Å². The predicted molar refractivity (Wildman–Crippen MR) is 76.0 cm³/mol. The predicted octanol–water partition coefficient (Wildman–Crippen LogP) is 2.12. The van der Waals surface area contributed by atoms with Crippen molar-refractivity contribution in [1.82, 2.24) is 15.3 Å². The molecule has 0 spiro atoms. The quantitative estimate of drug-likeness (QED) is 0.838. The number of methoxy groups -OCH3 is 2. The van der Waals surface area contributed by atoms with Gasteiger partial charge in [0.05, 0.1) is 25.3 Å². The van der Waals surface area contributed by atoms with Crippen molar-refractivity contribution in [3.63, 3.8) is 0 Å². The molecular weight excluding hydrogens is 242 g/mol. The first-order valence-electron chi connectivity index (χ1n) is 6.48. The second kappa shape index (κ2) is 5.93. The Morgan fingerprint density at radius 2 is 1.89 bits per heavy atom. The van der Waals surface area contributed by atoms with E-state index in [0.29, 0.717) is 17.5 Å². The zero-order chi connectivity index (χ0) is 13.8. The highest BCUT2D eigenvalue weighted by Crippen LogP contribution is 2.30. The maximum atomic E-state index is 5.28. The summed E-state index contributed by atoms with van der Waals surface area (Å²) in [6.07, 6.45) is 0.873. The molecule has 2 aromatic rings. The van der Waals surface area contributed by atoms with Crippen molar-refractivity contribution < 1.29 is 9.47 Å². The molecule has 1 heterocycles. The SMILES string of the molecule is COc1cc2nc(CCNC(C)C)[nH]c2cc1OC. The number of imidazole rings is 1. The Morgan fingerprint density at radius 3 is 2.53 bits per heavy atom. The monoisotopic (exact) mass is 263 g/mol. The molecule has 0 radical (unpaired) electrons. The van der Waals surface area contributed by atoms with E-state index < -0.39 is 0 Å². The van der Waals surface area contributed by atoms with Crippen molar-refractivity contribution in [3.8, 4) is 11.5 Å². The number of H-pyrrole nitrogens is 1. The lowest BCUT2D eigenvalue weighted by molar-refractivity contribution is 0.356. The highest BCUT2D eigenvalue weighted by Gasteiger charge is 2.09. The Balaban J connectivity index is 2.20. The number of benzene rings is 1. The molecule has 0 bridgehead atoms. The Kier molecular flexibility index (Phi) is 4.27. The van der Waals surface area contributed by atoms with Crippen LogP contribution < -0.4 is 14.8 Å².